The van der Waals surface area contributed by atoms with Crippen LogP contribution in [0.3, 0.4) is 0 Å². The van der Waals surface area contributed by atoms with Crippen molar-refractivity contribution in [3.63, 3.8) is 0 Å². The smallest absolute Gasteiger partial charge is 0.0934 e. The van der Waals surface area contributed by atoms with Gasteiger partial charge in [0.25, 0.3) is 0 Å². The Morgan fingerprint density at radius 1 is 1.18 bits per heavy atom. The second-order valence-electron chi connectivity index (χ2n) is 4.23. The van der Waals surface area contributed by atoms with Crippen molar-refractivity contribution in [1.82, 2.24) is 0 Å². The van der Waals surface area contributed by atoms with Gasteiger partial charge in [0.2, 0.25) is 0 Å². The Hall–Kier alpha value is -1.06. The van der Waals surface area contributed by atoms with Crippen LogP contribution in [0, 0.1) is 5.92 Å². The van der Waals surface area contributed by atoms with E-state index in [1.165, 1.54) is 11.1 Å². The molecule has 2 N–H and O–H groups in total. The Labute approximate surface area is 110 Å². The zero-order chi connectivity index (χ0) is 12.1. The van der Waals surface area contributed by atoms with Crippen LogP contribution in [-0.4, -0.2) is 6.54 Å². The summed E-state index contributed by atoms with van der Waals surface area (Å²) in [7, 11) is 0. The summed E-state index contributed by atoms with van der Waals surface area (Å²) < 4.78 is 6.24. The maximum Gasteiger partial charge on any atom is 0.0934 e. The average molecular weight is 294 g/mol. The topological polar surface area (TPSA) is 39.2 Å². The molecule has 0 spiro atoms. The highest BCUT2D eigenvalue weighted by atomic mass is 79.9. The molecule has 1 aromatic heterocycles. The highest BCUT2D eigenvalue weighted by molar-refractivity contribution is 9.10. The van der Waals surface area contributed by atoms with Crippen LogP contribution in [0.15, 0.2) is 51.7 Å². The molecule has 0 aliphatic heterocycles. The van der Waals surface area contributed by atoms with Crippen LogP contribution in [-0.2, 0) is 12.8 Å². The van der Waals surface area contributed by atoms with Gasteiger partial charge in [0.1, 0.15) is 0 Å². The molecular weight excluding hydrogens is 278 g/mol. The first-order chi connectivity index (χ1) is 8.29. The summed E-state index contributed by atoms with van der Waals surface area (Å²) in [5.74, 6) is 0.450. The molecule has 0 aliphatic carbocycles. The fourth-order valence-corrected chi connectivity index (χ4v) is 2.40. The number of nitrogens with two attached hydrogens (primary N) is 1. The molecule has 0 fully saturated rings. The Kier molecular flexibility index (Phi) is 4.40. The Balaban J connectivity index is 2.03. The third-order valence-corrected chi connectivity index (χ3v) is 3.68. The van der Waals surface area contributed by atoms with Crippen molar-refractivity contribution in [2.45, 2.75) is 12.8 Å². The summed E-state index contributed by atoms with van der Waals surface area (Å²) in [6.07, 6.45) is 5.46. The molecule has 90 valence electrons. The number of benzene rings is 1. The van der Waals surface area contributed by atoms with Crippen molar-refractivity contribution in [3.8, 4) is 0 Å². The number of halogens is 1. The van der Waals surface area contributed by atoms with Gasteiger partial charge in [0.15, 0.2) is 0 Å². The first-order valence-corrected chi connectivity index (χ1v) is 6.53. The van der Waals surface area contributed by atoms with Crippen LogP contribution < -0.4 is 5.73 Å². The van der Waals surface area contributed by atoms with E-state index in [9.17, 15) is 0 Å². The van der Waals surface area contributed by atoms with Gasteiger partial charge in [-0.15, -0.1) is 0 Å². The third-order valence-electron chi connectivity index (χ3n) is 2.90. The SMILES string of the molecule is NCC(Cc1ccoc1)Cc1ccccc1Br. The first kappa shape index (κ1) is 12.4. The normalized spacial score (nSPS) is 12.6. The van der Waals surface area contributed by atoms with Gasteiger partial charge >= 0.3 is 0 Å². The van der Waals surface area contributed by atoms with Crippen molar-refractivity contribution in [3.05, 3.63) is 58.5 Å². The van der Waals surface area contributed by atoms with E-state index in [2.05, 4.69) is 34.1 Å². The minimum Gasteiger partial charge on any atom is -0.472 e. The highest BCUT2D eigenvalue weighted by Crippen LogP contribution is 2.21. The molecule has 3 heteroatoms. The van der Waals surface area contributed by atoms with E-state index in [0.717, 1.165) is 17.3 Å². The first-order valence-electron chi connectivity index (χ1n) is 5.74. The number of furan rings is 1. The van der Waals surface area contributed by atoms with Crippen molar-refractivity contribution in [1.29, 1.82) is 0 Å². The molecule has 1 atom stereocenters. The van der Waals surface area contributed by atoms with Gasteiger partial charge in [-0.1, -0.05) is 34.1 Å². The lowest BCUT2D eigenvalue weighted by Crippen LogP contribution is -2.19. The van der Waals surface area contributed by atoms with Gasteiger partial charge in [-0.2, -0.15) is 0 Å². The van der Waals surface area contributed by atoms with Gasteiger partial charge < -0.3 is 10.2 Å². The zero-order valence-electron chi connectivity index (χ0n) is 9.60. The predicted octanol–water partition coefficient (Wildman–Crippen LogP) is 3.40. The summed E-state index contributed by atoms with van der Waals surface area (Å²) in [6.45, 7) is 0.687. The molecule has 17 heavy (non-hydrogen) atoms. The summed E-state index contributed by atoms with van der Waals surface area (Å²) >= 11 is 3.57. The van der Waals surface area contributed by atoms with Crippen LogP contribution in [0.1, 0.15) is 11.1 Å². The molecule has 0 radical (unpaired) electrons. The maximum absolute atomic E-state index is 5.84. The quantitative estimate of drug-likeness (QED) is 0.918. The van der Waals surface area contributed by atoms with Crippen molar-refractivity contribution in [2.75, 3.05) is 6.54 Å². The van der Waals surface area contributed by atoms with Crippen molar-refractivity contribution in [2.24, 2.45) is 11.7 Å². The van der Waals surface area contributed by atoms with Gasteiger partial charge in [-0.05, 0) is 48.6 Å². The van der Waals surface area contributed by atoms with E-state index in [4.69, 9.17) is 10.2 Å². The van der Waals surface area contributed by atoms with E-state index in [0.29, 0.717) is 12.5 Å². The van der Waals surface area contributed by atoms with E-state index in [1.807, 2.05) is 12.1 Å². The molecule has 0 amide bonds. The molecule has 1 aromatic carbocycles. The second-order valence-corrected chi connectivity index (χ2v) is 5.09. The standard InChI is InChI=1S/C14H16BrNO/c15-14-4-2-1-3-13(14)8-12(9-16)7-11-5-6-17-10-11/h1-6,10,12H,7-9,16H2. The van der Waals surface area contributed by atoms with Crippen LogP contribution in [0.4, 0.5) is 0 Å². The molecular formula is C14H16BrNO. The van der Waals surface area contributed by atoms with Gasteiger partial charge in [0, 0.05) is 4.47 Å². The Morgan fingerprint density at radius 2 is 2.00 bits per heavy atom. The second kappa shape index (κ2) is 6.03. The molecule has 2 aromatic rings. The Bertz CT molecular complexity index is 453. The molecule has 0 bridgehead atoms. The minimum atomic E-state index is 0.450. The number of hydrogen-bond acceptors (Lipinski definition) is 2. The van der Waals surface area contributed by atoms with Crippen molar-refractivity contribution < 1.29 is 4.42 Å². The highest BCUT2D eigenvalue weighted by Gasteiger charge is 2.11. The molecule has 1 heterocycles. The fourth-order valence-electron chi connectivity index (χ4n) is 1.96. The average Bonchev–Trinajstić information content (AvgIpc) is 2.84. The Morgan fingerprint density at radius 3 is 2.65 bits per heavy atom. The maximum atomic E-state index is 5.84. The molecule has 0 saturated carbocycles. The molecule has 0 saturated heterocycles. The van der Waals surface area contributed by atoms with E-state index in [1.54, 1.807) is 12.5 Å². The largest absolute Gasteiger partial charge is 0.472 e. The predicted molar refractivity (Wildman–Crippen MR) is 72.8 cm³/mol. The van der Waals surface area contributed by atoms with E-state index >= 15 is 0 Å². The summed E-state index contributed by atoms with van der Waals surface area (Å²) in [5, 5.41) is 0. The number of hydrogen-bond donors (Lipinski definition) is 1. The van der Waals surface area contributed by atoms with Gasteiger partial charge in [0.05, 0.1) is 12.5 Å². The van der Waals surface area contributed by atoms with E-state index < -0.39 is 0 Å². The van der Waals surface area contributed by atoms with Crippen LogP contribution in [0.5, 0.6) is 0 Å². The lowest BCUT2D eigenvalue weighted by Gasteiger charge is -2.14. The summed E-state index contributed by atoms with van der Waals surface area (Å²) in [4.78, 5) is 0. The lowest BCUT2D eigenvalue weighted by molar-refractivity contribution is 0.520. The fraction of sp³-hybridized carbons (Fsp3) is 0.286. The van der Waals surface area contributed by atoms with Gasteiger partial charge in [-0.3, -0.25) is 0 Å². The third kappa shape index (κ3) is 3.45. The van der Waals surface area contributed by atoms with Crippen LogP contribution in [0.2, 0.25) is 0 Å². The molecule has 2 rings (SSSR count). The van der Waals surface area contributed by atoms with Crippen molar-refractivity contribution >= 4 is 15.9 Å². The van der Waals surface area contributed by atoms with Crippen LogP contribution >= 0.6 is 15.9 Å². The lowest BCUT2D eigenvalue weighted by atomic mass is 9.94. The summed E-state index contributed by atoms with van der Waals surface area (Å²) in [5.41, 5.74) is 8.37. The number of rotatable bonds is 5. The van der Waals surface area contributed by atoms with E-state index in [-0.39, 0.29) is 0 Å². The monoisotopic (exact) mass is 293 g/mol. The zero-order valence-corrected chi connectivity index (χ0v) is 11.2. The molecule has 2 nitrogen and oxygen atoms in total. The molecule has 0 aliphatic rings. The summed E-state index contributed by atoms with van der Waals surface area (Å²) in [6, 6.07) is 10.3. The van der Waals surface area contributed by atoms with Crippen LogP contribution in [0.25, 0.3) is 0 Å². The van der Waals surface area contributed by atoms with Gasteiger partial charge in [-0.25, -0.2) is 0 Å². The molecule has 1 unspecified atom stereocenters. The minimum absolute atomic E-state index is 0.450.